The van der Waals surface area contributed by atoms with Crippen molar-refractivity contribution in [2.45, 2.75) is 0 Å². The van der Waals surface area contributed by atoms with E-state index in [1.165, 1.54) is 0 Å². The molecule has 19 heavy (non-hydrogen) atoms. The summed E-state index contributed by atoms with van der Waals surface area (Å²) in [6.07, 6.45) is 1.65. The van der Waals surface area contributed by atoms with Crippen LogP contribution < -0.4 is 0 Å². The molecule has 4 rings (SSSR count). The van der Waals surface area contributed by atoms with Crippen molar-refractivity contribution in [1.82, 2.24) is 15.0 Å². The molecule has 0 radical (unpaired) electrons. The van der Waals surface area contributed by atoms with Crippen LogP contribution in [0, 0.1) is 0 Å². The molecule has 0 aliphatic heterocycles. The van der Waals surface area contributed by atoms with Crippen LogP contribution in [0.15, 0.2) is 52.5 Å². The summed E-state index contributed by atoms with van der Waals surface area (Å²) >= 11 is 1.55. The Balaban J connectivity index is 1.80. The molecule has 0 saturated carbocycles. The van der Waals surface area contributed by atoms with Gasteiger partial charge in [0.1, 0.15) is 5.69 Å². The van der Waals surface area contributed by atoms with Crippen LogP contribution >= 0.6 is 11.3 Å². The van der Waals surface area contributed by atoms with E-state index >= 15 is 0 Å². The van der Waals surface area contributed by atoms with Gasteiger partial charge in [-0.3, -0.25) is 0 Å². The molecule has 0 unspecified atom stereocenters. The number of para-hydroxylation sites is 2. The number of furan rings is 1. The lowest BCUT2D eigenvalue weighted by Crippen LogP contribution is -1.79. The Labute approximate surface area is 112 Å². The third-order valence-electron chi connectivity index (χ3n) is 2.87. The Morgan fingerprint density at radius 2 is 2.00 bits per heavy atom. The molecule has 0 atom stereocenters. The minimum Gasteiger partial charge on any atom is -0.463 e. The Kier molecular flexibility index (Phi) is 2.25. The van der Waals surface area contributed by atoms with Gasteiger partial charge in [0.2, 0.25) is 0 Å². The van der Waals surface area contributed by atoms with E-state index in [1.54, 1.807) is 17.6 Å². The van der Waals surface area contributed by atoms with Crippen molar-refractivity contribution in [3.05, 3.63) is 48.0 Å². The van der Waals surface area contributed by atoms with Gasteiger partial charge in [-0.05, 0) is 24.3 Å². The SMILES string of the molecule is c1coc(-c2csc(-c3nc4ccccc4[nH]3)n2)c1. The predicted octanol–water partition coefficient (Wildman–Crippen LogP) is 3.95. The van der Waals surface area contributed by atoms with Crippen LogP contribution in [0.1, 0.15) is 0 Å². The number of aromatic nitrogens is 3. The van der Waals surface area contributed by atoms with E-state index in [2.05, 4.69) is 15.0 Å². The molecule has 0 aliphatic carbocycles. The standard InChI is InChI=1S/C14H9N3OS/c1-2-5-10-9(4-1)15-13(16-10)14-17-11(8-19-14)12-6-3-7-18-12/h1-8H,(H,15,16). The molecule has 4 aromatic rings. The molecule has 0 spiro atoms. The Hall–Kier alpha value is -2.40. The van der Waals surface area contributed by atoms with E-state index in [1.807, 2.05) is 41.8 Å². The zero-order valence-corrected chi connectivity index (χ0v) is 10.6. The molecular weight excluding hydrogens is 258 g/mol. The average molecular weight is 267 g/mol. The number of fused-ring (bicyclic) bond motifs is 1. The molecular formula is C14H9N3OS. The average Bonchev–Trinajstić information content (AvgIpc) is 3.17. The van der Waals surface area contributed by atoms with Crippen LogP contribution in [-0.4, -0.2) is 15.0 Å². The number of aromatic amines is 1. The van der Waals surface area contributed by atoms with E-state index in [4.69, 9.17) is 4.42 Å². The van der Waals surface area contributed by atoms with Crippen LogP contribution in [0.5, 0.6) is 0 Å². The second kappa shape index (κ2) is 4.07. The smallest absolute Gasteiger partial charge is 0.167 e. The van der Waals surface area contributed by atoms with Gasteiger partial charge in [-0.2, -0.15) is 0 Å². The van der Waals surface area contributed by atoms with Crippen LogP contribution in [0.2, 0.25) is 0 Å². The molecule has 1 aromatic carbocycles. The molecule has 0 amide bonds. The van der Waals surface area contributed by atoms with Crippen molar-refractivity contribution in [3.8, 4) is 22.3 Å². The Morgan fingerprint density at radius 3 is 2.84 bits per heavy atom. The molecule has 0 bridgehead atoms. The van der Waals surface area contributed by atoms with Gasteiger partial charge in [0.25, 0.3) is 0 Å². The van der Waals surface area contributed by atoms with Gasteiger partial charge in [0, 0.05) is 5.38 Å². The van der Waals surface area contributed by atoms with E-state index in [-0.39, 0.29) is 0 Å². The fourth-order valence-electron chi connectivity index (χ4n) is 1.97. The first kappa shape index (κ1) is 10.5. The van der Waals surface area contributed by atoms with Gasteiger partial charge in [-0.25, -0.2) is 9.97 Å². The highest BCUT2D eigenvalue weighted by atomic mass is 32.1. The van der Waals surface area contributed by atoms with Crippen molar-refractivity contribution in [1.29, 1.82) is 0 Å². The summed E-state index contributed by atoms with van der Waals surface area (Å²) in [5.74, 6) is 1.57. The second-order valence-corrected chi connectivity index (χ2v) is 4.98. The Bertz CT molecular complexity index is 796. The summed E-state index contributed by atoms with van der Waals surface area (Å²) in [6.45, 7) is 0. The zero-order chi connectivity index (χ0) is 12.7. The maximum Gasteiger partial charge on any atom is 0.167 e. The fraction of sp³-hybridized carbons (Fsp3) is 0. The van der Waals surface area contributed by atoms with E-state index < -0.39 is 0 Å². The maximum atomic E-state index is 5.34. The van der Waals surface area contributed by atoms with Crippen LogP contribution in [0.3, 0.4) is 0 Å². The largest absolute Gasteiger partial charge is 0.463 e. The first-order chi connectivity index (χ1) is 9.40. The zero-order valence-electron chi connectivity index (χ0n) is 9.83. The third-order valence-corrected chi connectivity index (χ3v) is 3.72. The first-order valence-electron chi connectivity index (χ1n) is 5.85. The lowest BCUT2D eigenvalue weighted by Gasteiger charge is -1.88. The van der Waals surface area contributed by atoms with E-state index in [0.29, 0.717) is 0 Å². The topological polar surface area (TPSA) is 54.7 Å². The van der Waals surface area contributed by atoms with Gasteiger partial charge >= 0.3 is 0 Å². The minimum atomic E-state index is 0.776. The molecule has 0 fully saturated rings. The number of hydrogen-bond acceptors (Lipinski definition) is 4. The van der Waals surface area contributed by atoms with Crippen molar-refractivity contribution in [3.63, 3.8) is 0 Å². The van der Waals surface area contributed by atoms with Crippen LogP contribution in [0.25, 0.3) is 33.3 Å². The summed E-state index contributed by atoms with van der Waals surface area (Å²) in [6, 6.07) is 11.7. The quantitative estimate of drug-likeness (QED) is 0.598. The van der Waals surface area contributed by atoms with Gasteiger partial charge in [0.15, 0.2) is 16.6 Å². The highest BCUT2D eigenvalue weighted by molar-refractivity contribution is 7.13. The number of benzene rings is 1. The number of imidazole rings is 1. The Morgan fingerprint density at radius 1 is 1.05 bits per heavy atom. The normalized spacial score (nSPS) is 11.2. The van der Waals surface area contributed by atoms with Crippen molar-refractivity contribution in [2.75, 3.05) is 0 Å². The molecule has 3 aromatic heterocycles. The molecule has 0 aliphatic rings. The fourth-order valence-corrected chi connectivity index (χ4v) is 2.73. The minimum absolute atomic E-state index is 0.776. The summed E-state index contributed by atoms with van der Waals surface area (Å²) in [4.78, 5) is 12.4. The highest BCUT2D eigenvalue weighted by Crippen LogP contribution is 2.28. The number of nitrogens with one attached hydrogen (secondary N) is 1. The molecule has 3 heterocycles. The highest BCUT2D eigenvalue weighted by Gasteiger charge is 2.11. The van der Waals surface area contributed by atoms with Crippen LogP contribution in [-0.2, 0) is 0 Å². The lowest BCUT2D eigenvalue weighted by molar-refractivity contribution is 0.580. The van der Waals surface area contributed by atoms with Crippen molar-refractivity contribution < 1.29 is 4.42 Å². The van der Waals surface area contributed by atoms with Gasteiger partial charge in [-0.1, -0.05) is 12.1 Å². The first-order valence-corrected chi connectivity index (χ1v) is 6.73. The molecule has 4 nitrogen and oxygen atoms in total. The van der Waals surface area contributed by atoms with E-state index in [0.717, 1.165) is 33.3 Å². The van der Waals surface area contributed by atoms with E-state index in [9.17, 15) is 0 Å². The monoisotopic (exact) mass is 267 g/mol. The van der Waals surface area contributed by atoms with Gasteiger partial charge in [-0.15, -0.1) is 11.3 Å². The number of thiazole rings is 1. The predicted molar refractivity (Wildman–Crippen MR) is 74.9 cm³/mol. The van der Waals surface area contributed by atoms with Gasteiger partial charge < -0.3 is 9.40 Å². The van der Waals surface area contributed by atoms with Crippen LogP contribution in [0.4, 0.5) is 0 Å². The number of hydrogen-bond donors (Lipinski definition) is 1. The summed E-state index contributed by atoms with van der Waals surface area (Å²) in [5, 5.41) is 2.84. The third kappa shape index (κ3) is 1.75. The molecule has 92 valence electrons. The number of nitrogens with zero attached hydrogens (tertiary/aromatic N) is 2. The number of H-pyrrole nitrogens is 1. The molecule has 5 heteroatoms. The molecule has 1 N–H and O–H groups in total. The van der Waals surface area contributed by atoms with Gasteiger partial charge in [0.05, 0.1) is 17.3 Å². The second-order valence-electron chi connectivity index (χ2n) is 4.12. The molecule has 0 saturated heterocycles. The maximum absolute atomic E-state index is 5.34. The number of rotatable bonds is 2. The van der Waals surface area contributed by atoms with Crippen molar-refractivity contribution in [2.24, 2.45) is 0 Å². The summed E-state index contributed by atoms with van der Waals surface area (Å²) < 4.78 is 5.34. The summed E-state index contributed by atoms with van der Waals surface area (Å²) in [5.41, 5.74) is 2.81. The lowest BCUT2D eigenvalue weighted by atomic mass is 10.3. The van der Waals surface area contributed by atoms with Crippen molar-refractivity contribution >= 4 is 22.4 Å². The summed E-state index contributed by atoms with van der Waals surface area (Å²) in [7, 11) is 0.